The van der Waals surface area contributed by atoms with Gasteiger partial charge in [0.15, 0.2) is 0 Å². The van der Waals surface area contributed by atoms with Crippen LogP contribution in [0.25, 0.3) is 0 Å². The van der Waals surface area contributed by atoms with Crippen molar-refractivity contribution in [2.75, 3.05) is 25.0 Å². The predicted molar refractivity (Wildman–Crippen MR) is 85.9 cm³/mol. The van der Waals surface area contributed by atoms with Crippen LogP contribution in [0.4, 0.5) is 10.5 Å². The van der Waals surface area contributed by atoms with Gasteiger partial charge >= 0.3 is 12.0 Å². The maximum atomic E-state index is 12.4. The molecule has 5 nitrogen and oxygen atoms in total. The van der Waals surface area contributed by atoms with E-state index in [-0.39, 0.29) is 17.9 Å². The Kier molecular flexibility index (Phi) is 5.41. The van der Waals surface area contributed by atoms with Crippen LogP contribution in [0.2, 0.25) is 0 Å². The van der Waals surface area contributed by atoms with Crippen molar-refractivity contribution in [3.8, 4) is 0 Å². The number of carbonyl (C=O) groups excluding carboxylic acids is 2. The first kappa shape index (κ1) is 16.3. The highest BCUT2D eigenvalue weighted by atomic mass is 16.5. The number of rotatable bonds is 3. The lowest BCUT2D eigenvalue weighted by Gasteiger charge is -2.31. The van der Waals surface area contributed by atoms with Gasteiger partial charge in [-0.05, 0) is 56.9 Å². The van der Waals surface area contributed by atoms with Gasteiger partial charge in [0, 0.05) is 18.8 Å². The van der Waals surface area contributed by atoms with E-state index in [2.05, 4.69) is 5.32 Å². The first-order valence-corrected chi connectivity index (χ1v) is 7.81. The minimum absolute atomic E-state index is 0.155. The molecular weight excluding hydrogens is 280 g/mol. The molecule has 22 heavy (non-hydrogen) atoms. The summed E-state index contributed by atoms with van der Waals surface area (Å²) in [6.07, 6.45) is 1.61. The lowest BCUT2D eigenvalue weighted by molar-refractivity contribution is -0.149. The van der Waals surface area contributed by atoms with Gasteiger partial charge in [-0.25, -0.2) is 4.79 Å². The molecule has 1 heterocycles. The fourth-order valence-electron chi connectivity index (χ4n) is 2.64. The molecule has 0 spiro atoms. The summed E-state index contributed by atoms with van der Waals surface area (Å²) in [4.78, 5) is 25.9. The second-order valence-electron chi connectivity index (χ2n) is 5.77. The van der Waals surface area contributed by atoms with E-state index in [4.69, 9.17) is 4.74 Å². The number of aryl methyl sites for hydroxylation is 2. The van der Waals surface area contributed by atoms with Gasteiger partial charge in [-0.3, -0.25) is 4.79 Å². The standard InChI is InChI=1S/C17H24N2O3/c1-4-22-16(20)14-6-5-9-19(11-14)17(21)18-15-8-7-12(2)13(3)10-15/h7-8,10,14H,4-6,9,11H2,1-3H3,(H,18,21)/t14-/m0/s1. The molecule has 1 aromatic rings. The number of carbonyl (C=O) groups is 2. The number of anilines is 1. The molecule has 0 bridgehead atoms. The zero-order chi connectivity index (χ0) is 16.1. The van der Waals surface area contributed by atoms with Crippen molar-refractivity contribution in [1.82, 2.24) is 4.90 Å². The number of nitrogens with zero attached hydrogens (tertiary/aromatic N) is 1. The molecule has 2 amide bonds. The van der Waals surface area contributed by atoms with Crippen LogP contribution in [0.3, 0.4) is 0 Å². The third kappa shape index (κ3) is 4.00. The minimum Gasteiger partial charge on any atom is -0.466 e. The molecule has 1 N–H and O–H groups in total. The van der Waals surface area contributed by atoms with Crippen LogP contribution >= 0.6 is 0 Å². The minimum atomic E-state index is -0.209. The molecule has 5 heteroatoms. The Labute approximate surface area is 131 Å². The summed E-state index contributed by atoms with van der Waals surface area (Å²) in [7, 11) is 0. The Bertz CT molecular complexity index is 557. The number of likely N-dealkylation sites (tertiary alicyclic amines) is 1. The van der Waals surface area contributed by atoms with Crippen LogP contribution in [-0.2, 0) is 9.53 Å². The molecule has 0 aromatic heterocycles. The summed E-state index contributed by atoms with van der Waals surface area (Å²) < 4.78 is 5.06. The molecule has 1 saturated heterocycles. The van der Waals surface area contributed by atoms with Crippen LogP contribution in [-0.4, -0.2) is 36.6 Å². The Morgan fingerprint density at radius 1 is 1.32 bits per heavy atom. The van der Waals surface area contributed by atoms with Gasteiger partial charge in [0.25, 0.3) is 0 Å². The third-order valence-electron chi connectivity index (χ3n) is 4.09. The molecule has 1 aliphatic rings. The lowest BCUT2D eigenvalue weighted by atomic mass is 9.98. The van der Waals surface area contributed by atoms with Crippen LogP contribution < -0.4 is 5.32 Å². The van der Waals surface area contributed by atoms with Gasteiger partial charge in [-0.2, -0.15) is 0 Å². The fourth-order valence-corrected chi connectivity index (χ4v) is 2.64. The smallest absolute Gasteiger partial charge is 0.321 e. The van der Waals surface area contributed by atoms with Crippen LogP contribution in [0.5, 0.6) is 0 Å². The summed E-state index contributed by atoms with van der Waals surface area (Å²) >= 11 is 0. The summed E-state index contributed by atoms with van der Waals surface area (Å²) in [5.74, 6) is -0.412. The van der Waals surface area contributed by atoms with Crippen LogP contribution in [0.1, 0.15) is 30.9 Å². The summed E-state index contributed by atoms with van der Waals surface area (Å²) in [5.41, 5.74) is 3.12. The topological polar surface area (TPSA) is 58.6 Å². The van der Waals surface area contributed by atoms with Crippen molar-refractivity contribution >= 4 is 17.7 Å². The number of hydrogen-bond donors (Lipinski definition) is 1. The average Bonchev–Trinajstić information content (AvgIpc) is 2.51. The highest BCUT2D eigenvalue weighted by Gasteiger charge is 2.29. The highest BCUT2D eigenvalue weighted by molar-refractivity contribution is 5.90. The third-order valence-corrected chi connectivity index (χ3v) is 4.09. The van der Waals surface area contributed by atoms with Crippen molar-refractivity contribution in [3.05, 3.63) is 29.3 Å². The molecule has 1 aromatic carbocycles. The number of amides is 2. The Balaban J connectivity index is 1.96. The van der Waals surface area contributed by atoms with E-state index in [1.54, 1.807) is 11.8 Å². The fraction of sp³-hybridized carbons (Fsp3) is 0.529. The van der Waals surface area contributed by atoms with Crippen molar-refractivity contribution in [2.24, 2.45) is 5.92 Å². The maximum Gasteiger partial charge on any atom is 0.321 e. The van der Waals surface area contributed by atoms with Crippen LogP contribution in [0.15, 0.2) is 18.2 Å². The van der Waals surface area contributed by atoms with E-state index >= 15 is 0 Å². The van der Waals surface area contributed by atoms with Crippen LogP contribution in [0, 0.1) is 19.8 Å². The summed E-state index contributed by atoms with van der Waals surface area (Å²) in [6.45, 7) is 7.33. The maximum absolute atomic E-state index is 12.4. The average molecular weight is 304 g/mol. The Hall–Kier alpha value is -2.04. The zero-order valence-electron chi connectivity index (χ0n) is 13.5. The van der Waals surface area contributed by atoms with E-state index in [0.717, 1.165) is 24.1 Å². The quantitative estimate of drug-likeness (QED) is 0.873. The second kappa shape index (κ2) is 7.29. The summed E-state index contributed by atoms with van der Waals surface area (Å²) in [6, 6.07) is 5.69. The summed E-state index contributed by atoms with van der Waals surface area (Å²) in [5, 5.41) is 2.91. The molecule has 0 aliphatic carbocycles. The normalized spacial score (nSPS) is 18.0. The molecule has 1 atom stereocenters. The second-order valence-corrected chi connectivity index (χ2v) is 5.77. The van der Waals surface area contributed by atoms with Crippen molar-refractivity contribution in [1.29, 1.82) is 0 Å². The molecule has 0 saturated carbocycles. The highest BCUT2D eigenvalue weighted by Crippen LogP contribution is 2.20. The number of benzene rings is 1. The molecule has 0 radical (unpaired) electrons. The van der Waals surface area contributed by atoms with Crippen molar-refractivity contribution < 1.29 is 14.3 Å². The van der Waals surface area contributed by atoms with E-state index in [1.807, 2.05) is 32.0 Å². The molecule has 120 valence electrons. The zero-order valence-corrected chi connectivity index (χ0v) is 13.5. The molecular formula is C17H24N2O3. The monoisotopic (exact) mass is 304 g/mol. The molecule has 1 fully saturated rings. The first-order valence-electron chi connectivity index (χ1n) is 7.81. The number of esters is 1. The largest absolute Gasteiger partial charge is 0.466 e. The lowest BCUT2D eigenvalue weighted by Crippen LogP contribution is -2.44. The molecule has 0 unspecified atom stereocenters. The van der Waals surface area contributed by atoms with Crippen molar-refractivity contribution in [2.45, 2.75) is 33.6 Å². The Morgan fingerprint density at radius 2 is 2.09 bits per heavy atom. The van der Waals surface area contributed by atoms with Gasteiger partial charge in [-0.1, -0.05) is 6.07 Å². The molecule has 2 rings (SSSR count). The van der Waals surface area contributed by atoms with E-state index < -0.39 is 0 Å². The molecule has 1 aliphatic heterocycles. The number of hydrogen-bond acceptors (Lipinski definition) is 3. The number of urea groups is 1. The number of piperidine rings is 1. The van der Waals surface area contributed by atoms with Gasteiger partial charge in [0.2, 0.25) is 0 Å². The number of nitrogens with one attached hydrogen (secondary N) is 1. The van der Waals surface area contributed by atoms with Gasteiger partial charge < -0.3 is 15.0 Å². The predicted octanol–water partition coefficient (Wildman–Crippen LogP) is 3.11. The number of ether oxygens (including phenoxy) is 1. The van der Waals surface area contributed by atoms with E-state index in [0.29, 0.717) is 19.7 Å². The van der Waals surface area contributed by atoms with Gasteiger partial charge in [-0.15, -0.1) is 0 Å². The van der Waals surface area contributed by atoms with E-state index in [9.17, 15) is 9.59 Å². The first-order chi connectivity index (χ1) is 10.5. The van der Waals surface area contributed by atoms with Crippen molar-refractivity contribution in [3.63, 3.8) is 0 Å². The Morgan fingerprint density at radius 3 is 2.77 bits per heavy atom. The van der Waals surface area contributed by atoms with Gasteiger partial charge in [0.05, 0.1) is 12.5 Å². The van der Waals surface area contributed by atoms with Gasteiger partial charge in [0.1, 0.15) is 0 Å². The van der Waals surface area contributed by atoms with E-state index in [1.165, 1.54) is 5.56 Å². The SMILES string of the molecule is CCOC(=O)[C@H]1CCCN(C(=O)Nc2ccc(C)c(C)c2)C1.